The zero-order valence-corrected chi connectivity index (χ0v) is 13.8. The molecule has 0 bridgehead atoms. The van der Waals surface area contributed by atoms with Crippen LogP contribution in [0.1, 0.15) is 18.4 Å². The van der Waals surface area contributed by atoms with E-state index in [0.29, 0.717) is 19.7 Å². The Hall–Kier alpha value is -1.11. The zero-order chi connectivity index (χ0) is 15.5. The fraction of sp³-hybridized carbons (Fsp3) is 0.600. The lowest BCUT2D eigenvalue weighted by Crippen LogP contribution is -2.46. The lowest BCUT2D eigenvalue weighted by Gasteiger charge is -2.33. The fourth-order valence-electron chi connectivity index (χ4n) is 2.53. The predicted octanol–water partition coefficient (Wildman–Crippen LogP) is 1.89. The van der Waals surface area contributed by atoms with Gasteiger partial charge in [-0.15, -0.1) is 0 Å². The minimum Gasteiger partial charge on any atom is -0.493 e. The molecule has 6 heteroatoms. The summed E-state index contributed by atoms with van der Waals surface area (Å²) in [6, 6.07) is 7.89. The first kappa shape index (κ1) is 16.3. The number of hydrogen-bond acceptors (Lipinski definition) is 3. The molecule has 0 saturated carbocycles. The Kier molecular flexibility index (Phi) is 5.24. The molecule has 1 aromatic carbocycles. The average Bonchev–Trinajstić information content (AvgIpc) is 2.46. The van der Waals surface area contributed by atoms with E-state index in [-0.39, 0.29) is 5.92 Å². The number of rotatable bonds is 5. The number of para-hydroxylation sites is 1. The second-order valence-corrected chi connectivity index (χ2v) is 7.88. The first-order valence-electron chi connectivity index (χ1n) is 7.27. The molecule has 1 heterocycles. The number of nitrogens with zero attached hydrogens (tertiary/aromatic N) is 2. The van der Waals surface area contributed by atoms with Gasteiger partial charge in [-0.3, -0.25) is 0 Å². The molecule has 1 aromatic rings. The first-order chi connectivity index (χ1) is 9.91. The maximum Gasteiger partial charge on any atom is 0.281 e. The third-order valence-electron chi connectivity index (χ3n) is 3.84. The van der Waals surface area contributed by atoms with E-state index >= 15 is 0 Å². The van der Waals surface area contributed by atoms with Crippen LogP contribution in [0.5, 0.6) is 5.75 Å². The Morgan fingerprint density at radius 1 is 1.33 bits per heavy atom. The second kappa shape index (κ2) is 6.77. The van der Waals surface area contributed by atoms with Crippen molar-refractivity contribution in [1.82, 2.24) is 8.61 Å². The monoisotopic (exact) mass is 312 g/mol. The SMILES string of the molecule is Cc1ccccc1OCC1CCCN(S(=O)(=O)N(C)C)C1. The van der Waals surface area contributed by atoms with Gasteiger partial charge < -0.3 is 4.74 Å². The van der Waals surface area contributed by atoms with Crippen LogP contribution in [-0.2, 0) is 10.2 Å². The summed E-state index contributed by atoms with van der Waals surface area (Å²) >= 11 is 0. The van der Waals surface area contributed by atoms with Gasteiger partial charge in [0.15, 0.2) is 0 Å². The number of aryl methyl sites for hydroxylation is 1. The summed E-state index contributed by atoms with van der Waals surface area (Å²) in [5, 5.41) is 0. The van der Waals surface area contributed by atoms with Gasteiger partial charge in [-0.2, -0.15) is 17.0 Å². The lowest BCUT2D eigenvalue weighted by atomic mass is 10.0. The zero-order valence-electron chi connectivity index (χ0n) is 12.9. The first-order valence-corrected chi connectivity index (χ1v) is 8.67. The van der Waals surface area contributed by atoms with Crippen molar-refractivity contribution >= 4 is 10.2 Å². The maximum absolute atomic E-state index is 12.2. The molecule has 0 radical (unpaired) electrons. The van der Waals surface area contributed by atoms with Gasteiger partial charge in [0.05, 0.1) is 6.61 Å². The van der Waals surface area contributed by atoms with Gasteiger partial charge >= 0.3 is 0 Å². The Morgan fingerprint density at radius 3 is 2.71 bits per heavy atom. The van der Waals surface area contributed by atoms with E-state index in [1.54, 1.807) is 18.4 Å². The third-order valence-corrected chi connectivity index (χ3v) is 5.74. The predicted molar refractivity (Wildman–Crippen MR) is 83.6 cm³/mol. The molecule has 0 spiro atoms. The molecule has 0 amide bonds. The lowest BCUT2D eigenvalue weighted by molar-refractivity contribution is 0.176. The van der Waals surface area contributed by atoms with Gasteiger partial charge in [0.2, 0.25) is 0 Å². The highest BCUT2D eigenvalue weighted by molar-refractivity contribution is 7.86. The summed E-state index contributed by atoms with van der Waals surface area (Å²) < 4.78 is 33.0. The minimum atomic E-state index is -3.31. The summed E-state index contributed by atoms with van der Waals surface area (Å²) in [6.45, 7) is 3.71. The average molecular weight is 312 g/mol. The molecule has 0 aliphatic carbocycles. The third kappa shape index (κ3) is 3.96. The molecule has 21 heavy (non-hydrogen) atoms. The molecule has 2 rings (SSSR count). The Morgan fingerprint density at radius 2 is 2.05 bits per heavy atom. The van der Waals surface area contributed by atoms with Gasteiger partial charge in [-0.1, -0.05) is 18.2 Å². The Balaban J connectivity index is 1.95. The van der Waals surface area contributed by atoms with E-state index in [9.17, 15) is 8.42 Å². The van der Waals surface area contributed by atoms with Crippen LogP contribution in [0.4, 0.5) is 0 Å². The van der Waals surface area contributed by atoms with E-state index in [1.807, 2.05) is 31.2 Å². The largest absolute Gasteiger partial charge is 0.493 e. The molecule has 0 aromatic heterocycles. The Labute approximate surface area is 127 Å². The highest BCUT2D eigenvalue weighted by Gasteiger charge is 2.30. The summed E-state index contributed by atoms with van der Waals surface area (Å²) in [6.07, 6.45) is 1.89. The van der Waals surface area contributed by atoms with Crippen LogP contribution in [0.25, 0.3) is 0 Å². The van der Waals surface area contributed by atoms with Crippen LogP contribution in [-0.4, -0.2) is 50.8 Å². The van der Waals surface area contributed by atoms with Crippen molar-refractivity contribution in [3.05, 3.63) is 29.8 Å². The molecule has 1 unspecified atom stereocenters. The molecule has 1 aliphatic rings. The summed E-state index contributed by atoms with van der Waals surface area (Å²) in [7, 11) is -0.168. The van der Waals surface area contributed by atoms with Crippen LogP contribution in [0.2, 0.25) is 0 Å². The van der Waals surface area contributed by atoms with Crippen LogP contribution < -0.4 is 4.74 Å². The van der Waals surface area contributed by atoms with Gasteiger partial charge in [0, 0.05) is 33.1 Å². The summed E-state index contributed by atoms with van der Waals surface area (Å²) in [5.41, 5.74) is 1.10. The van der Waals surface area contributed by atoms with Gasteiger partial charge in [0.25, 0.3) is 10.2 Å². The van der Waals surface area contributed by atoms with Gasteiger partial charge in [-0.25, -0.2) is 0 Å². The second-order valence-electron chi connectivity index (χ2n) is 5.73. The minimum absolute atomic E-state index is 0.244. The smallest absolute Gasteiger partial charge is 0.281 e. The molecule has 5 nitrogen and oxygen atoms in total. The van der Waals surface area contributed by atoms with Crippen molar-refractivity contribution in [2.45, 2.75) is 19.8 Å². The van der Waals surface area contributed by atoms with E-state index in [2.05, 4.69) is 0 Å². The molecule has 0 N–H and O–H groups in total. The van der Waals surface area contributed by atoms with E-state index < -0.39 is 10.2 Å². The van der Waals surface area contributed by atoms with Crippen molar-refractivity contribution in [3.8, 4) is 5.75 Å². The highest BCUT2D eigenvalue weighted by Crippen LogP contribution is 2.23. The van der Waals surface area contributed by atoms with E-state index in [4.69, 9.17) is 4.74 Å². The number of benzene rings is 1. The molecular formula is C15H24N2O3S. The summed E-state index contributed by atoms with van der Waals surface area (Å²) in [5.74, 6) is 1.12. The summed E-state index contributed by atoms with van der Waals surface area (Å²) in [4.78, 5) is 0. The number of hydrogen-bond donors (Lipinski definition) is 0. The number of piperidine rings is 1. The number of ether oxygens (including phenoxy) is 1. The van der Waals surface area contributed by atoms with Crippen LogP contribution in [0.3, 0.4) is 0 Å². The highest BCUT2D eigenvalue weighted by atomic mass is 32.2. The Bertz CT molecular complexity index is 572. The topological polar surface area (TPSA) is 49.9 Å². The maximum atomic E-state index is 12.2. The standard InChI is InChI=1S/C15H24N2O3S/c1-13-7-4-5-9-15(13)20-12-14-8-6-10-17(11-14)21(18,19)16(2)3/h4-5,7,9,14H,6,8,10-12H2,1-3H3. The molecule has 1 atom stereocenters. The quantitative estimate of drug-likeness (QED) is 0.834. The van der Waals surface area contributed by atoms with E-state index in [1.165, 1.54) is 4.31 Å². The van der Waals surface area contributed by atoms with Crippen LogP contribution in [0, 0.1) is 12.8 Å². The van der Waals surface area contributed by atoms with Crippen molar-refractivity contribution in [2.24, 2.45) is 5.92 Å². The van der Waals surface area contributed by atoms with Crippen molar-refractivity contribution in [1.29, 1.82) is 0 Å². The van der Waals surface area contributed by atoms with Gasteiger partial charge in [-0.05, 0) is 31.4 Å². The van der Waals surface area contributed by atoms with Crippen molar-refractivity contribution in [3.63, 3.8) is 0 Å². The molecule has 118 valence electrons. The normalized spacial score (nSPS) is 20.7. The molecular weight excluding hydrogens is 288 g/mol. The molecule has 1 aliphatic heterocycles. The van der Waals surface area contributed by atoms with Crippen molar-refractivity contribution in [2.75, 3.05) is 33.8 Å². The van der Waals surface area contributed by atoms with Gasteiger partial charge in [0.1, 0.15) is 5.75 Å². The van der Waals surface area contributed by atoms with E-state index in [0.717, 1.165) is 24.2 Å². The van der Waals surface area contributed by atoms with Crippen LogP contribution >= 0.6 is 0 Å². The molecule has 1 saturated heterocycles. The van der Waals surface area contributed by atoms with Crippen LogP contribution in [0.15, 0.2) is 24.3 Å². The molecule has 1 fully saturated rings. The van der Waals surface area contributed by atoms with Crippen molar-refractivity contribution < 1.29 is 13.2 Å². The fourth-order valence-corrected chi connectivity index (χ4v) is 3.75.